The van der Waals surface area contributed by atoms with E-state index >= 15 is 0 Å². The number of carbonyl (C=O) groups excluding carboxylic acids is 1. The van der Waals surface area contributed by atoms with Gasteiger partial charge < -0.3 is 4.74 Å². The maximum atomic E-state index is 11.3. The summed E-state index contributed by atoms with van der Waals surface area (Å²) in [6.45, 7) is 9.79. The van der Waals surface area contributed by atoms with E-state index in [-0.39, 0.29) is 12.0 Å². The third-order valence-corrected chi connectivity index (χ3v) is 3.18. The molecule has 0 spiro atoms. The van der Waals surface area contributed by atoms with Crippen LogP contribution >= 0.6 is 0 Å². The van der Waals surface area contributed by atoms with Gasteiger partial charge >= 0.3 is 5.97 Å². The first-order valence-electron chi connectivity index (χ1n) is 6.39. The average molecular weight is 229 g/mol. The van der Waals surface area contributed by atoms with Gasteiger partial charge in [0.2, 0.25) is 0 Å². The highest BCUT2D eigenvalue weighted by Crippen LogP contribution is 2.13. The lowest BCUT2D eigenvalue weighted by molar-refractivity contribution is -0.142. The van der Waals surface area contributed by atoms with E-state index in [2.05, 4.69) is 32.6 Å². The minimum atomic E-state index is -0.114. The van der Waals surface area contributed by atoms with Gasteiger partial charge in [0.05, 0.1) is 13.5 Å². The van der Waals surface area contributed by atoms with Crippen LogP contribution in [0.4, 0.5) is 0 Å². The summed E-state index contributed by atoms with van der Waals surface area (Å²) in [6, 6.07) is 0.806. The average Bonchev–Trinajstić information content (AvgIpc) is 2.28. The van der Waals surface area contributed by atoms with Crippen molar-refractivity contribution in [1.29, 1.82) is 0 Å². The molecular weight excluding hydrogens is 202 g/mol. The fourth-order valence-electron chi connectivity index (χ4n) is 1.89. The predicted octanol–water partition coefficient (Wildman–Crippen LogP) is 2.84. The Balaban J connectivity index is 4.30. The lowest BCUT2D eigenvalue weighted by Crippen LogP contribution is -2.41. The second-order valence-electron chi connectivity index (χ2n) is 4.48. The van der Waals surface area contributed by atoms with Crippen LogP contribution < -0.4 is 0 Å². The standard InChI is InChI=1S/C13H27NO2/c1-6-8-9-14(11(3)7-2)12(4)10-13(15)16-5/h11-12H,6-10H2,1-5H3. The molecule has 0 aliphatic heterocycles. The number of hydrogen-bond acceptors (Lipinski definition) is 3. The molecule has 0 amide bonds. The summed E-state index contributed by atoms with van der Waals surface area (Å²) in [5.41, 5.74) is 0. The summed E-state index contributed by atoms with van der Waals surface area (Å²) in [7, 11) is 1.45. The van der Waals surface area contributed by atoms with Crippen LogP contribution in [0.25, 0.3) is 0 Å². The quantitative estimate of drug-likeness (QED) is 0.599. The fraction of sp³-hybridized carbons (Fsp3) is 0.923. The second-order valence-corrected chi connectivity index (χ2v) is 4.48. The molecule has 0 aromatic rings. The normalized spacial score (nSPS) is 14.9. The van der Waals surface area contributed by atoms with E-state index in [0.717, 1.165) is 13.0 Å². The van der Waals surface area contributed by atoms with Crippen molar-refractivity contribution in [1.82, 2.24) is 4.90 Å². The molecule has 0 aliphatic rings. The minimum absolute atomic E-state index is 0.114. The van der Waals surface area contributed by atoms with Crippen molar-refractivity contribution < 1.29 is 9.53 Å². The summed E-state index contributed by atoms with van der Waals surface area (Å²) in [5, 5.41) is 0. The van der Waals surface area contributed by atoms with E-state index in [1.165, 1.54) is 20.0 Å². The molecule has 3 nitrogen and oxygen atoms in total. The molecule has 0 aromatic heterocycles. The molecule has 0 fully saturated rings. The van der Waals surface area contributed by atoms with Gasteiger partial charge in [0.15, 0.2) is 0 Å². The van der Waals surface area contributed by atoms with Crippen molar-refractivity contribution in [2.45, 2.75) is 65.5 Å². The zero-order valence-corrected chi connectivity index (χ0v) is 11.5. The van der Waals surface area contributed by atoms with Crippen molar-refractivity contribution >= 4 is 5.97 Å². The maximum Gasteiger partial charge on any atom is 0.307 e. The molecule has 0 saturated heterocycles. The summed E-state index contributed by atoms with van der Waals surface area (Å²) >= 11 is 0. The Morgan fingerprint density at radius 2 is 1.88 bits per heavy atom. The summed E-state index contributed by atoms with van der Waals surface area (Å²) in [5.74, 6) is -0.114. The number of ether oxygens (including phenoxy) is 1. The first-order valence-corrected chi connectivity index (χ1v) is 6.39. The SMILES string of the molecule is CCCCN(C(C)CC)C(C)CC(=O)OC. The topological polar surface area (TPSA) is 29.5 Å². The molecular formula is C13H27NO2. The molecule has 0 aromatic carbocycles. The predicted molar refractivity (Wildman–Crippen MR) is 67.5 cm³/mol. The molecule has 16 heavy (non-hydrogen) atoms. The van der Waals surface area contributed by atoms with E-state index in [4.69, 9.17) is 4.74 Å². The molecule has 0 N–H and O–H groups in total. The van der Waals surface area contributed by atoms with Crippen molar-refractivity contribution in [2.24, 2.45) is 0 Å². The van der Waals surface area contributed by atoms with Gasteiger partial charge in [-0.25, -0.2) is 0 Å². The first kappa shape index (κ1) is 15.4. The van der Waals surface area contributed by atoms with E-state index in [1.807, 2.05) is 0 Å². The summed E-state index contributed by atoms with van der Waals surface area (Å²) in [4.78, 5) is 13.7. The summed E-state index contributed by atoms with van der Waals surface area (Å²) < 4.78 is 4.72. The Kier molecular flexibility index (Phi) is 8.26. The number of hydrogen-bond donors (Lipinski definition) is 0. The van der Waals surface area contributed by atoms with E-state index in [0.29, 0.717) is 12.5 Å². The van der Waals surface area contributed by atoms with Gasteiger partial charge in [0.25, 0.3) is 0 Å². The second kappa shape index (κ2) is 8.57. The number of unbranched alkanes of at least 4 members (excludes halogenated alkanes) is 1. The van der Waals surface area contributed by atoms with Gasteiger partial charge in [0.1, 0.15) is 0 Å². The number of carbonyl (C=O) groups is 1. The lowest BCUT2D eigenvalue weighted by Gasteiger charge is -2.33. The largest absolute Gasteiger partial charge is 0.469 e. The lowest BCUT2D eigenvalue weighted by atomic mass is 10.1. The monoisotopic (exact) mass is 229 g/mol. The van der Waals surface area contributed by atoms with Gasteiger partial charge in [-0.1, -0.05) is 20.3 Å². The minimum Gasteiger partial charge on any atom is -0.469 e. The van der Waals surface area contributed by atoms with E-state index in [9.17, 15) is 4.79 Å². The smallest absolute Gasteiger partial charge is 0.307 e. The van der Waals surface area contributed by atoms with Crippen molar-refractivity contribution in [3.8, 4) is 0 Å². The zero-order valence-electron chi connectivity index (χ0n) is 11.5. The van der Waals surface area contributed by atoms with Crippen LogP contribution in [0.3, 0.4) is 0 Å². The Bertz CT molecular complexity index is 194. The number of nitrogens with zero attached hydrogens (tertiary/aromatic N) is 1. The summed E-state index contributed by atoms with van der Waals surface area (Å²) in [6.07, 6.45) is 3.99. The van der Waals surface area contributed by atoms with Crippen LogP contribution in [-0.2, 0) is 9.53 Å². The highest BCUT2D eigenvalue weighted by atomic mass is 16.5. The first-order chi connectivity index (χ1) is 7.56. The molecule has 3 heteroatoms. The molecule has 0 bridgehead atoms. The molecule has 2 unspecified atom stereocenters. The Hall–Kier alpha value is -0.570. The van der Waals surface area contributed by atoms with Gasteiger partial charge in [-0.3, -0.25) is 9.69 Å². The molecule has 2 atom stereocenters. The van der Waals surface area contributed by atoms with E-state index < -0.39 is 0 Å². The molecule has 0 heterocycles. The Labute approximate surface area is 100 Å². The van der Waals surface area contributed by atoms with Crippen LogP contribution in [0.5, 0.6) is 0 Å². The maximum absolute atomic E-state index is 11.3. The van der Waals surface area contributed by atoms with E-state index in [1.54, 1.807) is 0 Å². The molecule has 0 radical (unpaired) electrons. The third-order valence-electron chi connectivity index (χ3n) is 3.18. The van der Waals surface area contributed by atoms with Crippen molar-refractivity contribution in [3.05, 3.63) is 0 Å². The highest BCUT2D eigenvalue weighted by Gasteiger charge is 2.20. The van der Waals surface area contributed by atoms with Gasteiger partial charge in [-0.05, 0) is 33.2 Å². The molecule has 96 valence electrons. The molecule has 0 aliphatic carbocycles. The number of methoxy groups -OCH3 is 1. The number of rotatable bonds is 8. The van der Waals surface area contributed by atoms with Crippen LogP contribution in [0.2, 0.25) is 0 Å². The Morgan fingerprint density at radius 1 is 1.25 bits per heavy atom. The van der Waals surface area contributed by atoms with Gasteiger partial charge in [-0.15, -0.1) is 0 Å². The van der Waals surface area contributed by atoms with Crippen LogP contribution in [0, 0.1) is 0 Å². The third kappa shape index (κ3) is 5.50. The van der Waals surface area contributed by atoms with Crippen LogP contribution in [0.1, 0.15) is 53.4 Å². The highest BCUT2D eigenvalue weighted by molar-refractivity contribution is 5.69. The van der Waals surface area contributed by atoms with Crippen molar-refractivity contribution in [3.63, 3.8) is 0 Å². The fourth-order valence-corrected chi connectivity index (χ4v) is 1.89. The van der Waals surface area contributed by atoms with Crippen LogP contribution in [-0.4, -0.2) is 36.6 Å². The van der Waals surface area contributed by atoms with Crippen molar-refractivity contribution in [2.75, 3.05) is 13.7 Å². The number of esters is 1. The van der Waals surface area contributed by atoms with Gasteiger partial charge in [0, 0.05) is 12.1 Å². The molecule has 0 saturated carbocycles. The Morgan fingerprint density at radius 3 is 2.31 bits per heavy atom. The zero-order chi connectivity index (χ0) is 12.6. The van der Waals surface area contributed by atoms with Gasteiger partial charge in [-0.2, -0.15) is 0 Å². The molecule has 0 rings (SSSR count). The van der Waals surface area contributed by atoms with Crippen LogP contribution in [0.15, 0.2) is 0 Å².